The van der Waals surface area contributed by atoms with Crippen LogP contribution in [0.25, 0.3) is 0 Å². The second-order valence-corrected chi connectivity index (χ2v) is 8.25. The summed E-state index contributed by atoms with van der Waals surface area (Å²) in [5, 5.41) is 2.96. The summed E-state index contributed by atoms with van der Waals surface area (Å²) in [6, 6.07) is 12.1. The molecule has 0 radical (unpaired) electrons. The van der Waals surface area contributed by atoms with Crippen molar-refractivity contribution in [2.24, 2.45) is 5.92 Å². The molecule has 2 aromatic rings. The highest BCUT2D eigenvalue weighted by molar-refractivity contribution is 7.11. The lowest BCUT2D eigenvalue weighted by Crippen LogP contribution is -2.32. The van der Waals surface area contributed by atoms with E-state index in [-0.39, 0.29) is 24.2 Å². The Balaban J connectivity index is 1.60. The van der Waals surface area contributed by atoms with Gasteiger partial charge in [-0.1, -0.05) is 26.0 Å². The van der Waals surface area contributed by atoms with E-state index in [4.69, 9.17) is 0 Å². The normalized spacial score (nSPS) is 17.4. The van der Waals surface area contributed by atoms with Gasteiger partial charge in [0.25, 0.3) is 0 Å². The highest BCUT2D eigenvalue weighted by Gasteiger charge is 2.35. The van der Waals surface area contributed by atoms with Gasteiger partial charge in [-0.05, 0) is 42.7 Å². The number of carbonyl (C=O) groups is 2. The molecule has 0 saturated carbocycles. The van der Waals surface area contributed by atoms with Crippen molar-refractivity contribution in [2.75, 3.05) is 11.4 Å². The molecule has 1 atom stereocenters. The molecule has 1 aliphatic heterocycles. The second kappa shape index (κ2) is 7.40. The van der Waals surface area contributed by atoms with Gasteiger partial charge in [-0.3, -0.25) is 9.59 Å². The van der Waals surface area contributed by atoms with E-state index in [1.165, 1.54) is 10.4 Å². The molecule has 1 saturated heterocycles. The molecule has 132 valence electrons. The average molecular weight is 356 g/mol. The van der Waals surface area contributed by atoms with Gasteiger partial charge in [0, 0.05) is 28.4 Å². The van der Waals surface area contributed by atoms with Crippen molar-refractivity contribution < 1.29 is 9.59 Å². The molecule has 1 unspecified atom stereocenters. The van der Waals surface area contributed by atoms with E-state index in [2.05, 4.69) is 31.3 Å². The smallest absolute Gasteiger partial charge is 0.227 e. The molecule has 2 amide bonds. The number of hydrogen-bond donors (Lipinski definition) is 1. The van der Waals surface area contributed by atoms with Gasteiger partial charge in [-0.25, -0.2) is 0 Å². The first kappa shape index (κ1) is 17.7. The Bertz CT molecular complexity index is 764. The van der Waals surface area contributed by atoms with E-state index in [0.717, 1.165) is 10.6 Å². The molecule has 4 nitrogen and oxygen atoms in total. The monoisotopic (exact) mass is 356 g/mol. The molecule has 1 aromatic carbocycles. The third-order valence-electron chi connectivity index (χ3n) is 4.60. The van der Waals surface area contributed by atoms with Crippen LogP contribution < -0.4 is 10.2 Å². The van der Waals surface area contributed by atoms with Crippen LogP contribution in [0.15, 0.2) is 36.4 Å². The van der Waals surface area contributed by atoms with Crippen LogP contribution in [0.1, 0.15) is 41.5 Å². The van der Waals surface area contributed by atoms with Crippen LogP contribution in [0.4, 0.5) is 5.69 Å². The largest absolute Gasteiger partial charge is 0.351 e. The second-order valence-electron chi connectivity index (χ2n) is 6.88. The van der Waals surface area contributed by atoms with Crippen LogP contribution >= 0.6 is 11.3 Å². The van der Waals surface area contributed by atoms with Crippen LogP contribution in [0.5, 0.6) is 0 Å². The molecular formula is C20H24N2O2S. The third-order valence-corrected chi connectivity index (χ3v) is 5.60. The molecule has 3 rings (SSSR count). The molecule has 1 N–H and O–H groups in total. The van der Waals surface area contributed by atoms with Crippen LogP contribution in [0.3, 0.4) is 0 Å². The van der Waals surface area contributed by atoms with E-state index in [9.17, 15) is 9.59 Å². The number of thiophene rings is 1. The SMILES string of the molecule is Cc1ccc(CNC(=O)C2CC(=O)N(c3ccc(C(C)C)cc3)C2)s1. The van der Waals surface area contributed by atoms with E-state index in [0.29, 0.717) is 19.0 Å². The summed E-state index contributed by atoms with van der Waals surface area (Å²) < 4.78 is 0. The summed E-state index contributed by atoms with van der Waals surface area (Å²) in [5.41, 5.74) is 2.12. The van der Waals surface area contributed by atoms with Gasteiger partial charge in [0.1, 0.15) is 0 Å². The summed E-state index contributed by atoms with van der Waals surface area (Å²) in [6.45, 7) is 7.32. The molecule has 0 bridgehead atoms. The molecular weight excluding hydrogens is 332 g/mol. The van der Waals surface area contributed by atoms with Gasteiger partial charge >= 0.3 is 0 Å². The van der Waals surface area contributed by atoms with Gasteiger partial charge in [0.15, 0.2) is 0 Å². The lowest BCUT2D eigenvalue weighted by Gasteiger charge is -2.17. The average Bonchev–Trinajstić information content (AvgIpc) is 3.18. The predicted molar refractivity (Wildman–Crippen MR) is 102 cm³/mol. The topological polar surface area (TPSA) is 49.4 Å². The highest BCUT2D eigenvalue weighted by Crippen LogP contribution is 2.27. The maximum atomic E-state index is 12.4. The highest BCUT2D eigenvalue weighted by atomic mass is 32.1. The molecule has 25 heavy (non-hydrogen) atoms. The first-order valence-corrected chi connectivity index (χ1v) is 9.49. The van der Waals surface area contributed by atoms with E-state index in [1.807, 2.05) is 31.2 Å². The van der Waals surface area contributed by atoms with Crippen molar-refractivity contribution in [3.8, 4) is 0 Å². The predicted octanol–water partition coefficient (Wildman–Crippen LogP) is 3.85. The number of anilines is 1. The maximum Gasteiger partial charge on any atom is 0.227 e. The number of rotatable bonds is 5. The van der Waals surface area contributed by atoms with Crippen molar-refractivity contribution in [3.05, 3.63) is 51.7 Å². The summed E-state index contributed by atoms with van der Waals surface area (Å²) in [6.07, 6.45) is 0.279. The Morgan fingerprint density at radius 2 is 1.96 bits per heavy atom. The summed E-state index contributed by atoms with van der Waals surface area (Å²) in [5.74, 6) is 0.159. The first-order chi connectivity index (χ1) is 11.9. The van der Waals surface area contributed by atoms with Crippen molar-refractivity contribution in [3.63, 3.8) is 0 Å². The molecule has 1 fully saturated rings. The quantitative estimate of drug-likeness (QED) is 0.885. The summed E-state index contributed by atoms with van der Waals surface area (Å²) in [4.78, 5) is 28.8. The van der Waals surface area contributed by atoms with Gasteiger partial charge < -0.3 is 10.2 Å². The van der Waals surface area contributed by atoms with E-state index >= 15 is 0 Å². The minimum atomic E-state index is -0.279. The van der Waals surface area contributed by atoms with Crippen LogP contribution in [0, 0.1) is 12.8 Å². The van der Waals surface area contributed by atoms with E-state index in [1.54, 1.807) is 16.2 Å². The molecule has 0 spiro atoms. The zero-order valence-corrected chi connectivity index (χ0v) is 15.7. The van der Waals surface area contributed by atoms with Crippen molar-refractivity contribution in [1.29, 1.82) is 0 Å². The number of hydrogen-bond acceptors (Lipinski definition) is 3. The lowest BCUT2D eigenvalue weighted by molar-refractivity contribution is -0.126. The Kier molecular flexibility index (Phi) is 5.23. The molecule has 1 aromatic heterocycles. The van der Waals surface area contributed by atoms with E-state index < -0.39 is 0 Å². The number of amides is 2. The number of aryl methyl sites for hydroxylation is 1. The Morgan fingerprint density at radius 1 is 1.24 bits per heavy atom. The standard InChI is InChI=1S/C20H24N2O2S/c1-13(2)15-5-7-17(8-6-15)22-12-16(10-19(22)23)20(24)21-11-18-9-4-14(3)25-18/h4-9,13,16H,10-12H2,1-3H3,(H,21,24). The summed E-state index contributed by atoms with van der Waals surface area (Å²) >= 11 is 1.68. The number of carbonyl (C=O) groups excluding carboxylic acids is 2. The van der Waals surface area contributed by atoms with Gasteiger partial charge in [0.2, 0.25) is 11.8 Å². The fraction of sp³-hybridized carbons (Fsp3) is 0.400. The minimum absolute atomic E-state index is 0.0180. The molecule has 1 aliphatic rings. The first-order valence-electron chi connectivity index (χ1n) is 8.67. The van der Waals surface area contributed by atoms with Crippen molar-refractivity contribution in [1.82, 2.24) is 5.32 Å². The Hall–Kier alpha value is -2.14. The van der Waals surface area contributed by atoms with Gasteiger partial charge in [-0.2, -0.15) is 0 Å². The number of nitrogens with one attached hydrogen (secondary N) is 1. The molecule has 0 aliphatic carbocycles. The maximum absolute atomic E-state index is 12.4. The minimum Gasteiger partial charge on any atom is -0.351 e. The number of benzene rings is 1. The lowest BCUT2D eigenvalue weighted by atomic mass is 10.0. The fourth-order valence-electron chi connectivity index (χ4n) is 3.07. The Labute approximate surface area is 152 Å². The van der Waals surface area contributed by atoms with Crippen LogP contribution in [-0.2, 0) is 16.1 Å². The number of nitrogens with zero attached hydrogens (tertiary/aromatic N) is 1. The van der Waals surface area contributed by atoms with Crippen molar-refractivity contribution >= 4 is 28.8 Å². The van der Waals surface area contributed by atoms with Gasteiger partial charge in [-0.15, -0.1) is 11.3 Å². The van der Waals surface area contributed by atoms with Crippen molar-refractivity contribution in [2.45, 2.75) is 39.7 Å². The van der Waals surface area contributed by atoms with Crippen LogP contribution in [-0.4, -0.2) is 18.4 Å². The summed E-state index contributed by atoms with van der Waals surface area (Å²) in [7, 11) is 0. The zero-order chi connectivity index (χ0) is 18.0. The molecule has 5 heteroatoms. The molecule has 2 heterocycles. The fourth-order valence-corrected chi connectivity index (χ4v) is 3.90. The van der Waals surface area contributed by atoms with Crippen LogP contribution in [0.2, 0.25) is 0 Å². The van der Waals surface area contributed by atoms with Gasteiger partial charge in [0.05, 0.1) is 12.5 Å². The zero-order valence-electron chi connectivity index (χ0n) is 14.9. The Morgan fingerprint density at radius 3 is 2.56 bits per heavy atom. The third kappa shape index (κ3) is 4.10.